The number of carbonyl (C=O) groups is 1. The molecule has 1 saturated heterocycles. The highest BCUT2D eigenvalue weighted by atomic mass is 16.5. The summed E-state index contributed by atoms with van der Waals surface area (Å²) in [5, 5.41) is 4.42. The normalized spacial score (nSPS) is 23.4. The van der Waals surface area contributed by atoms with Gasteiger partial charge in [0.1, 0.15) is 0 Å². The summed E-state index contributed by atoms with van der Waals surface area (Å²) in [5.41, 5.74) is 2.48. The molecular formula is C18H22N2O2. The third-order valence-corrected chi connectivity index (χ3v) is 5.52. The Labute approximate surface area is 130 Å². The van der Waals surface area contributed by atoms with Crippen LogP contribution in [-0.4, -0.2) is 30.1 Å². The van der Waals surface area contributed by atoms with Gasteiger partial charge in [-0.3, -0.25) is 4.79 Å². The van der Waals surface area contributed by atoms with Crippen molar-refractivity contribution in [3.05, 3.63) is 36.0 Å². The number of benzene rings is 1. The zero-order chi connectivity index (χ0) is 15.0. The molecule has 0 bridgehead atoms. The fourth-order valence-corrected chi connectivity index (χ4v) is 3.99. The van der Waals surface area contributed by atoms with Crippen LogP contribution < -0.4 is 5.32 Å². The Balaban J connectivity index is 1.42. The van der Waals surface area contributed by atoms with Gasteiger partial charge in [-0.15, -0.1) is 0 Å². The first-order valence-electron chi connectivity index (χ1n) is 8.19. The molecule has 1 atom stereocenters. The van der Waals surface area contributed by atoms with Crippen molar-refractivity contribution in [1.29, 1.82) is 0 Å². The SMILES string of the molecule is O=C(Cc1c[nH]c2ccccc12)NC1CCC12CCOCC2. The lowest BCUT2D eigenvalue weighted by molar-refractivity contribution is -0.126. The molecule has 1 aromatic carbocycles. The summed E-state index contributed by atoms with van der Waals surface area (Å²) in [7, 11) is 0. The molecule has 2 aliphatic rings. The fraction of sp³-hybridized carbons (Fsp3) is 0.500. The molecule has 1 unspecified atom stereocenters. The van der Waals surface area contributed by atoms with Gasteiger partial charge in [0.25, 0.3) is 0 Å². The van der Waals surface area contributed by atoms with E-state index in [4.69, 9.17) is 4.74 Å². The van der Waals surface area contributed by atoms with Gasteiger partial charge >= 0.3 is 0 Å². The minimum atomic E-state index is 0.139. The molecule has 1 aromatic heterocycles. The first-order chi connectivity index (χ1) is 10.8. The van der Waals surface area contributed by atoms with Crippen molar-refractivity contribution in [1.82, 2.24) is 10.3 Å². The Hall–Kier alpha value is -1.81. The number of carbonyl (C=O) groups excluding carboxylic acids is 1. The number of hydrogen-bond acceptors (Lipinski definition) is 2. The van der Waals surface area contributed by atoms with Crippen molar-refractivity contribution in [2.75, 3.05) is 13.2 Å². The van der Waals surface area contributed by atoms with Crippen LogP contribution in [0.15, 0.2) is 30.5 Å². The van der Waals surface area contributed by atoms with Crippen LogP contribution in [0.3, 0.4) is 0 Å². The Morgan fingerprint density at radius 1 is 1.27 bits per heavy atom. The van der Waals surface area contributed by atoms with Crippen molar-refractivity contribution in [3.63, 3.8) is 0 Å². The van der Waals surface area contributed by atoms with E-state index in [9.17, 15) is 4.79 Å². The molecular weight excluding hydrogens is 276 g/mol. The largest absolute Gasteiger partial charge is 0.381 e. The smallest absolute Gasteiger partial charge is 0.224 e. The van der Waals surface area contributed by atoms with Crippen molar-refractivity contribution in [3.8, 4) is 0 Å². The van der Waals surface area contributed by atoms with Gasteiger partial charge in [-0.25, -0.2) is 0 Å². The number of ether oxygens (including phenoxy) is 1. The van der Waals surface area contributed by atoms with Gasteiger partial charge in [0.2, 0.25) is 5.91 Å². The molecule has 116 valence electrons. The molecule has 2 fully saturated rings. The lowest BCUT2D eigenvalue weighted by Gasteiger charge is -2.52. The second kappa shape index (κ2) is 5.43. The number of H-pyrrole nitrogens is 1. The highest BCUT2D eigenvalue weighted by molar-refractivity contribution is 5.89. The van der Waals surface area contributed by atoms with Gasteiger partial charge in [0.05, 0.1) is 6.42 Å². The third kappa shape index (κ3) is 2.31. The van der Waals surface area contributed by atoms with Crippen LogP contribution in [0.2, 0.25) is 0 Å². The molecule has 4 heteroatoms. The molecule has 4 nitrogen and oxygen atoms in total. The number of aromatic amines is 1. The molecule has 22 heavy (non-hydrogen) atoms. The van der Waals surface area contributed by atoms with Crippen LogP contribution in [0.5, 0.6) is 0 Å². The summed E-state index contributed by atoms with van der Waals surface area (Å²) in [6.07, 6.45) is 6.92. The maximum absolute atomic E-state index is 12.4. The van der Waals surface area contributed by atoms with E-state index in [1.165, 1.54) is 6.42 Å². The Morgan fingerprint density at radius 2 is 2.09 bits per heavy atom. The average Bonchev–Trinajstić information content (AvgIpc) is 2.96. The molecule has 2 aromatic rings. The minimum absolute atomic E-state index is 0.139. The second-order valence-electron chi connectivity index (χ2n) is 6.67. The monoisotopic (exact) mass is 298 g/mol. The first-order valence-corrected chi connectivity index (χ1v) is 8.19. The number of hydrogen-bond donors (Lipinski definition) is 2. The lowest BCUT2D eigenvalue weighted by Crippen LogP contribution is -2.57. The summed E-state index contributed by atoms with van der Waals surface area (Å²) >= 11 is 0. The summed E-state index contributed by atoms with van der Waals surface area (Å²) in [5.74, 6) is 0.139. The standard InChI is InChI=1S/C18H22N2O2/c21-17(11-13-12-19-15-4-2-1-3-14(13)15)20-16-5-6-18(16)7-9-22-10-8-18/h1-4,12,16,19H,5-11H2,(H,20,21). The predicted octanol–water partition coefficient (Wildman–Crippen LogP) is 2.79. The maximum Gasteiger partial charge on any atom is 0.224 e. The van der Waals surface area contributed by atoms with Gasteiger partial charge in [-0.1, -0.05) is 18.2 Å². The van der Waals surface area contributed by atoms with Crippen LogP contribution in [0.1, 0.15) is 31.2 Å². The number of para-hydroxylation sites is 1. The minimum Gasteiger partial charge on any atom is -0.381 e. The number of rotatable bonds is 3. The van der Waals surface area contributed by atoms with Crippen LogP contribution in [0.4, 0.5) is 0 Å². The van der Waals surface area contributed by atoms with Crippen molar-refractivity contribution >= 4 is 16.8 Å². The molecule has 1 spiro atoms. The molecule has 2 N–H and O–H groups in total. The number of nitrogens with one attached hydrogen (secondary N) is 2. The van der Waals surface area contributed by atoms with Crippen LogP contribution in [-0.2, 0) is 16.0 Å². The predicted molar refractivity (Wildman–Crippen MR) is 85.7 cm³/mol. The topological polar surface area (TPSA) is 54.1 Å². The van der Waals surface area contributed by atoms with E-state index in [0.717, 1.165) is 48.9 Å². The van der Waals surface area contributed by atoms with Crippen molar-refractivity contribution in [2.45, 2.75) is 38.1 Å². The van der Waals surface area contributed by atoms with Crippen LogP contribution in [0, 0.1) is 5.41 Å². The van der Waals surface area contributed by atoms with Crippen LogP contribution in [0.25, 0.3) is 10.9 Å². The second-order valence-corrected chi connectivity index (χ2v) is 6.67. The van der Waals surface area contributed by atoms with E-state index in [2.05, 4.69) is 16.4 Å². The highest BCUT2D eigenvalue weighted by Gasteiger charge is 2.47. The first kappa shape index (κ1) is 13.8. The van der Waals surface area contributed by atoms with E-state index in [0.29, 0.717) is 17.9 Å². The zero-order valence-electron chi connectivity index (χ0n) is 12.7. The molecule has 4 rings (SSSR count). The maximum atomic E-state index is 12.4. The van der Waals surface area contributed by atoms with E-state index in [-0.39, 0.29) is 5.91 Å². The molecule has 1 aliphatic heterocycles. The van der Waals surface area contributed by atoms with Crippen molar-refractivity contribution < 1.29 is 9.53 Å². The summed E-state index contributed by atoms with van der Waals surface area (Å²) in [4.78, 5) is 15.7. The van der Waals surface area contributed by atoms with E-state index >= 15 is 0 Å². The quantitative estimate of drug-likeness (QED) is 0.915. The Morgan fingerprint density at radius 3 is 2.86 bits per heavy atom. The molecule has 1 aliphatic carbocycles. The summed E-state index contributed by atoms with van der Waals surface area (Å²) < 4.78 is 5.47. The Kier molecular flexibility index (Phi) is 3.41. The number of fused-ring (bicyclic) bond motifs is 1. The van der Waals surface area contributed by atoms with Gasteiger partial charge in [0, 0.05) is 36.4 Å². The fourth-order valence-electron chi connectivity index (χ4n) is 3.99. The van der Waals surface area contributed by atoms with Gasteiger partial charge in [-0.2, -0.15) is 0 Å². The zero-order valence-corrected chi connectivity index (χ0v) is 12.7. The van der Waals surface area contributed by atoms with Crippen molar-refractivity contribution in [2.24, 2.45) is 5.41 Å². The molecule has 1 amide bonds. The van der Waals surface area contributed by atoms with Gasteiger partial charge < -0.3 is 15.0 Å². The average molecular weight is 298 g/mol. The molecule has 0 radical (unpaired) electrons. The molecule has 2 heterocycles. The molecule has 1 saturated carbocycles. The summed E-state index contributed by atoms with van der Waals surface area (Å²) in [6.45, 7) is 1.68. The van der Waals surface area contributed by atoms with Gasteiger partial charge in [0.15, 0.2) is 0 Å². The highest BCUT2D eigenvalue weighted by Crippen LogP contribution is 2.48. The number of aromatic nitrogens is 1. The van der Waals surface area contributed by atoms with Crippen LogP contribution >= 0.6 is 0 Å². The Bertz CT molecular complexity index is 685. The van der Waals surface area contributed by atoms with Gasteiger partial charge in [-0.05, 0) is 42.7 Å². The summed E-state index contributed by atoms with van der Waals surface area (Å²) in [6, 6.07) is 8.47. The third-order valence-electron chi connectivity index (χ3n) is 5.52. The van der Waals surface area contributed by atoms with E-state index < -0.39 is 0 Å². The number of amides is 1. The lowest BCUT2D eigenvalue weighted by atomic mass is 9.60. The van der Waals surface area contributed by atoms with E-state index in [1.807, 2.05) is 24.4 Å². The van der Waals surface area contributed by atoms with E-state index in [1.54, 1.807) is 0 Å².